The van der Waals surface area contributed by atoms with E-state index in [1.165, 1.54) is 0 Å². The number of aryl methyl sites for hydroxylation is 2. The van der Waals surface area contributed by atoms with Gasteiger partial charge < -0.3 is 10.6 Å². The van der Waals surface area contributed by atoms with Crippen LogP contribution in [-0.4, -0.2) is 16.8 Å². The number of rotatable bonds is 3. The molecule has 120 valence electrons. The van der Waals surface area contributed by atoms with Crippen molar-refractivity contribution in [1.82, 2.24) is 4.98 Å². The quantitative estimate of drug-likeness (QED) is 0.853. The van der Waals surface area contributed by atoms with Crippen LogP contribution in [0.2, 0.25) is 0 Å². The van der Waals surface area contributed by atoms with Gasteiger partial charge in [0.05, 0.1) is 0 Å². The molecule has 23 heavy (non-hydrogen) atoms. The van der Waals surface area contributed by atoms with Crippen molar-refractivity contribution in [2.45, 2.75) is 33.6 Å². The molecule has 1 heterocycles. The van der Waals surface area contributed by atoms with Crippen LogP contribution in [0.15, 0.2) is 36.5 Å². The Balaban J connectivity index is 2.15. The molecule has 0 saturated carbocycles. The highest BCUT2D eigenvalue weighted by molar-refractivity contribution is 6.43. The minimum absolute atomic E-state index is 0.242. The Bertz CT molecular complexity index is 739. The van der Waals surface area contributed by atoms with Crippen LogP contribution in [0.5, 0.6) is 0 Å². The first-order valence-corrected chi connectivity index (χ1v) is 7.53. The molecule has 1 aromatic heterocycles. The summed E-state index contributed by atoms with van der Waals surface area (Å²) in [5.41, 5.74) is 3.57. The summed E-state index contributed by atoms with van der Waals surface area (Å²) in [4.78, 5) is 28.3. The molecule has 0 aliphatic rings. The molecule has 0 spiro atoms. The average molecular weight is 311 g/mol. The average Bonchev–Trinajstić information content (AvgIpc) is 2.48. The third-order valence-electron chi connectivity index (χ3n) is 3.53. The number of pyridine rings is 1. The Hall–Kier alpha value is -2.69. The SMILES string of the molecule is Cc1ccnc(NC(=O)C(=O)Nc2c(C)cccc2C(C)C)c1. The number of nitrogens with one attached hydrogen (secondary N) is 2. The summed E-state index contributed by atoms with van der Waals surface area (Å²) in [5, 5.41) is 5.22. The third-order valence-corrected chi connectivity index (χ3v) is 3.53. The number of anilines is 2. The summed E-state index contributed by atoms with van der Waals surface area (Å²) < 4.78 is 0. The van der Waals surface area contributed by atoms with Crippen LogP contribution in [-0.2, 0) is 9.59 Å². The monoisotopic (exact) mass is 311 g/mol. The number of aromatic nitrogens is 1. The largest absolute Gasteiger partial charge is 0.317 e. The zero-order valence-corrected chi connectivity index (χ0v) is 13.8. The molecule has 0 fully saturated rings. The first-order chi connectivity index (χ1) is 10.9. The minimum Gasteiger partial charge on any atom is -0.317 e. The second kappa shape index (κ2) is 7.05. The summed E-state index contributed by atoms with van der Waals surface area (Å²) in [6.07, 6.45) is 1.58. The molecule has 2 N–H and O–H groups in total. The maximum absolute atomic E-state index is 12.2. The molecule has 2 rings (SSSR count). The normalized spacial score (nSPS) is 10.5. The number of amides is 2. The van der Waals surface area contributed by atoms with Crippen LogP contribution in [0.3, 0.4) is 0 Å². The highest BCUT2D eigenvalue weighted by Crippen LogP contribution is 2.27. The van der Waals surface area contributed by atoms with E-state index in [2.05, 4.69) is 15.6 Å². The number of carbonyl (C=O) groups is 2. The van der Waals surface area contributed by atoms with Crippen molar-refractivity contribution in [1.29, 1.82) is 0 Å². The van der Waals surface area contributed by atoms with E-state index in [0.717, 1.165) is 16.7 Å². The molecule has 0 unspecified atom stereocenters. The minimum atomic E-state index is -0.735. The van der Waals surface area contributed by atoms with Crippen molar-refractivity contribution in [3.63, 3.8) is 0 Å². The first-order valence-electron chi connectivity index (χ1n) is 7.53. The zero-order valence-electron chi connectivity index (χ0n) is 13.8. The van der Waals surface area contributed by atoms with Gasteiger partial charge in [0.2, 0.25) is 0 Å². The maximum atomic E-state index is 12.2. The second-order valence-electron chi connectivity index (χ2n) is 5.82. The molecule has 0 aliphatic heterocycles. The van der Waals surface area contributed by atoms with Crippen LogP contribution in [0.4, 0.5) is 11.5 Å². The topological polar surface area (TPSA) is 71.1 Å². The molecule has 5 nitrogen and oxygen atoms in total. The van der Waals surface area contributed by atoms with E-state index in [-0.39, 0.29) is 5.92 Å². The fourth-order valence-corrected chi connectivity index (χ4v) is 2.29. The van der Waals surface area contributed by atoms with Crippen molar-refractivity contribution in [3.8, 4) is 0 Å². The molecule has 0 bridgehead atoms. The van der Waals surface area contributed by atoms with Crippen molar-refractivity contribution < 1.29 is 9.59 Å². The standard InChI is InChI=1S/C18H21N3O2/c1-11(2)14-7-5-6-13(4)16(14)21-18(23)17(22)20-15-10-12(3)8-9-19-15/h5-11H,1-4H3,(H,21,23)(H,19,20,22). The van der Waals surface area contributed by atoms with Crippen molar-refractivity contribution in [2.24, 2.45) is 0 Å². The molecule has 5 heteroatoms. The second-order valence-corrected chi connectivity index (χ2v) is 5.82. The van der Waals surface area contributed by atoms with Crippen LogP contribution in [0.1, 0.15) is 36.5 Å². The van der Waals surface area contributed by atoms with Gasteiger partial charge in [-0.15, -0.1) is 0 Å². The molecule has 1 aromatic carbocycles. The molecular weight excluding hydrogens is 290 g/mol. The first kappa shape index (κ1) is 16.7. The van der Waals surface area contributed by atoms with Gasteiger partial charge in [-0.1, -0.05) is 32.0 Å². The molecular formula is C18H21N3O2. The molecule has 0 atom stereocenters. The van der Waals surface area contributed by atoms with Crippen molar-refractivity contribution >= 4 is 23.3 Å². The summed E-state index contributed by atoms with van der Waals surface area (Å²) >= 11 is 0. The number of para-hydroxylation sites is 1. The Labute approximate surface area is 136 Å². The highest BCUT2D eigenvalue weighted by Gasteiger charge is 2.18. The fraction of sp³-hybridized carbons (Fsp3) is 0.278. The van der Waals surface area contributed by atoms with Gasteiger partial charge in [-0.3, -0.25) is 9.59 Å². The van der Waals surface area contributed by atoms with Gasteiger partial charge in [-0.2, -0.15) is 0 Å². The lowest BCUT2D eigenvalue weighted by Crippen LogP contribution is -2.30. The van der Waals surface area contributed by atoms with Gasteiger partial charge in [0, 0.05) is 11.9 Å². The van der Waals surface area contributed by atoms with Crippen LogP contribution in [0.25, 0.3) is 0 Å². The van der Waals surface area contributed by atoms with Gasteiger partial charge in [0.25, 0.3) is 0 Å². The summed E-state index contributed by atoms with van der Waals surface area (Å²) in [6, 6.07) is 9.32. The molecule has 0 radical (unpaired) electrons. The molecule has 2 amide bonds. The van der Waals surface area contributed by atoms with E-state index in [0.29, 0.717) is 11.5 Å². The Morgan fingerprint density at radius 3 is 2.39 bits per heavy atom. The molecule has 0 aliphatic carbocycles. The van der Waals surface area contributed by atoms with E-state index >= 15 is 0 Å². The molecule has 2 aromatic rings. The van der Waals surface area contributed by atoms with Crippen LogP contribution >= 0.6 is 0 Å². The number of benzene rings is 1. The Kier molecular flexibility index (Phi) is 5.11. The summed E-state index contributed by atoms with van der Waals surface area (Å²) in [5.74, 6) is -0.837. The predicted octanol–water partition coefficient (Wildman–Crippen LogP) is 3.40. The lowest BCUT2D eigenvalue weighted by atomic mass is 9.98. The predicted molar refractivity (Wildman–Crippen MR) is 91.5 cm³/mol. The zero-order chi connectivity index (χ0) is 17.0. The van der Waals surface area contributed by atoms with Crippen molar-refractivity contribution in [2.75, 3.05) is 10.6 Å². The number of hydrogen-bond acceptors (Lipinski definition) is 3. The van der Waals surface area contributed by atoms with E-state index in [1.807, 2.05) is 52.0 Å². The lowest BCUT2D eigenvalue weighted by Gasteiger charge is -2.16. The number of nitrogens with zero attached hydrogens (tertiary/aromatic N) is 1. The maximum Gasteiger partial charge on any atom is 0.315 e. The van der Waals surface area contributed by atoms with E-state index < -0.39 is 11.8 Å². The number of hydrogen-bond donors (Lipinski definition) is 2. The fourth-order valence-electron chi connectivity index (χ4n) is 2.29. The number of carbonyl (C=O) groups excluding carboxylic acids is 2. The highest BCUT2D eigenvalue weighted by atomic mass is 16.2. The third kappa shape index (κ3) is 4.16. The Morgan fingerprint density at radius 2 is 1.74 bits per heavy atom. The smallest absolute Gasteiger partial charge is 0.315 e. The Morgan fingerprint density at radius 1 is 1.04 bits per heavy atom. The lowest BCUT2D eigenvalue weighted by molar-refractivity contribution is -0.133. The molecule has 0 saturated heterocycles. The van der Waals surface area contributed by atoms with Gasteiger partial charge in [-0.05, 0) is 48.6 Å². The van der Waals surface area contributed by atoms with Crippen LogP contribution < -0.4 is 10.6 Å². The van der Waals surface area contributed by atoms with E-state index in [9.17, 15) is 9.59 Å². The van der Waals surface area contributed by atoms with Gasteiger partial charge in [-0.25, -0.2) is 4.98 Å². The van der Waals surface area contributed by atoms with Gasteiger partial charge >= 0.3 is 11.8 Å². The summed E-state index contributed by atoms with van der Waals surface area (Å²) in [7, 11) is 0. The van der Waals surface area contributed by atoms with Crippen LogP contribution in [0, 0.1) is 13.8 Å². The summed E-state index contributed by atoms with van der Waals surface area (Å²) in [6.45, 7) is 7.88. The van der Waals surface area contributed by atoms with Gasteiger partial charge in [0.1, 0.15) is 5.82 Å². The van der Waals surface area contributed by atoms with Crippen molar-refractivity contribution in [3.05, 3.63) is 53.2 Å². The van der Waals surface area contributed by atoms with E-state index in [1.54, 1.807) is 12.3 Å². The van der Waals surface area contributed by atoms with Gasteiger partial charge in [0.15, 0.2) is 0 Å². The van der Waals surface area contributed by atoms with E-state index in [4.69, 9.17) is 0 Å².